The first-order valence-electron chi connectivity index (χ1n) is 3.33. The molecule has 0 atom stereocenters. The van der Waals surface area contributed by atoms with E-state index in [0.29, 0.717) is 0 Å². The molecule has 0 N–H and O–H groups in total. The zero-order valence-electron chi connectivity index (χ0n) is 6.33. The molecule has 0 aromatic carbocycles. The predicted octanol–water partition coefficient (Wildman–Crippen LogP) is 2.46. The molecule has 1 aliphatic heterocycles. The van der Waals surface area contributed by atoms with Gasteiger partial charge in [-0.05, 0) is 11.5 Å². The molecule has 0 aliphatic carbocycles. The Hall–Kier alpha value is -1.29. The minimum atomic E-state index is 1.38. The fourth-order valence-electron chi connectivity index (χ4n) is 0.475. The lowest BCUT2D eigenvalue weighted by Gasteiger charge is -1.70. The molecule has 1 aliphatic rings. The van der Waals surface area contributed by atoms with Crippen LogP contribution in [0.25, 0.3) is 0 Å². The maximum absolute atomic E-state index is 4.47. The van der Waals surface area contributed by atoms with Crippen LogP contribution >= 0.6 is 11.9 Å². The van der Waals surface area contributed by atoms with Crippen LogP contribution in [0.15, 0.2) is 51.3 Å². The van der Waals surface area contributed by atoms with Gasteiger partial charge in [-0.2, -0.15) is 0 Å². The van der Waals surface area contributed by atoms with Crippen molar-refractivity contribution in [3.63, 3.8) is 0 Å². The van der Waals surface area contributed by atoms with Crippen LogP contribution in [0.4, 0.5) is 0 Å². The molecule has 0 fully saturated rings. The number of hydrogen-bond donors (Lipinski definition) is 0. The Morgan fingerprint density at radius 1 is 1.17 bits per heavy atom. The van der Waals surface area contributed by atoms with Crippen LogP contribution in [0.2, 0.25) is 0 Å². The van der Waals surface area contributed by atoms with Gasteiger partial charge >= 0.3 is 0 Å². The van der Waals surface area contributed by atoms with Gasteiger partial charge in [0.1, 0.15) is 6.26 Å². The van der Waals surface area contributed by atoms with E-state index in [4.69, 9.17) is 0 Å². The lowest BCUT2D eigenvalue weighted by atomic mass is 10.5. The first-order chi connectivity index (χ1) is 6.00. The summed E-state index contributed by atoms with van der Waals surface area (Å²) in [5, 5.41) is 1.93. The highest BCUT2D eigenvalue weighted by Crippen LogP contribution is 2.03. The third-order valence-electron chi connectivity index (χ3n) is 0.917. The van der Waals surface area contributed by atoms with E-state index >= 15 is 0 Å². The number of aromatic nitrogens is 1. The fraction of sp³-hybridized carbons (Fsp3) is 0. The van der Waals surface area contributed by atoms with Gasteiger partial charge in [0.25, 0.3) is 0 Å². The topological polar surface area (TPSA) is 38.4 Å². The second kappa shape index (κ2) is 6.42. The zero-order chi connectivity index (χ0) is 8.49. The molecule has 0 saturated heterocycles. The Bertz CT molecular complexity index is 233. The van der Waals surface area contributed by atoms with Crippen LogP contribution in [0.5, 0.6) is 0 Å². The lowest BCUT2D eigenvalue weighted by Crippen LogP contribution is -1.51. The molecule has 0 amide bonds. The number of nitrogens with zero attached hydrogens (tertiary/aromatic N) is 2. The van der Waals surface area contributed by atoms with Crippen LogP contribution in [-0.4, -0.2) is 11.2 Å². The Morgan fingerprint density at radius 3 is 2.83 bits per heavy atom. The predicted molar refractivity (Wildman–Crippen MR) is 50.9 cm³/mol. The van der Waals surface area contributed by atoms with Gasteiger partial charge in [-0.15, -0.1) is 0 Å². The average molecular weight is 180 g/mol. The summed E-state index contributed by atoms with van der Waals surface area (Å²) in [6.07, 6.45) is 12.0. The lowest BCUT2D eigenvalue weighted by molar-refractivity contribution is 0.558. The van der Waals surface area contributed by atoms with Gasteiger partial charge in [-0.1, -0.05) is 12.2 Å². The summed E-state index contributed by atoms with van der Waals surface area (Å²) in [7, 11) is 0. The van der Waals surface area contributed by atoms with Crippen molar-refractivity contribution in [2.45, 2.75) is 0 Å². The van der Waals surface area contributed by atoms with Gasteiger partial charge in [0.05, 0.1) is 6.20 Å². The Labute approximate surface area is 75.0 Å². The summed E-state index contributed by atoms with van der Waals surface area (Å²) in [5.41, 5.74) is 0. The molecule has 0 spiro atoms. The van der Waals surface area contributed by atoms with E-state index in [1.807, 2.05) is 23.6 Å². The molecule has 0 saturated carbocycles. The monoisotopic (exact) mass is 180 g/mol. The third-order valence-corrected chi connectivity index (χ3v) is 1.44. The summed E-state index contributed by atoms with van der Waals surface area (Å²) in [6.45, 7) is 0. The van der Waals surface area contributed by atoms with Crippen LogP contribution in [-0.2, 0) is 0 Å². The molecule has 0 radical (unpaired) electrons. The first kappa shape index (κ1) is 8.80. The van der Waals surface area contributed by atoms with Gasteiger partial charge in [0.15, 0.2) is 6.39 Å². The van der Waals surface area contributed by atoms with Crippen LogP contribution in [0, 0.1) is 0 Å². The molecule has 62 valence electrons. The van der Waals surface area contributed by atoms with Crippen molar-refractivity contribution >= 4 is 18.2 Å². The molecular weight excluding hydrogens is 172 g/mol. The molecule has 2 rings (SSSR count). The Morgan fingerprint density at radius 2 is 2.17 bits per heavy atom. The second-order valence-corrected chi connectivity index (χ2v) is 2.44. The summed E-state index contributed by atoms with van der Waals surface area (Å²) < 4.78 is 8.36. The van der Waals surface area contributed by atoms with E-state index in [0.717, 1.165) is 0 Å². The van der Waals surface area contributed by atoms with Crippen molar-refractivity contribution in [3.8, 4) is 0 Å². The SMILES string of the molecule is C1=CC=NSC=C1.c1cocn1. The van der Waals surface area contributed by atoms with Crippen molar-refractivity contribution in [3.05, 3.63) is 42.5 Å². The van der Waals surface area contributed by atoms with E-state index in [-0.39, 0.29) is 0 Å². The maximum atomic E-state index is 4.47. The van der Waals surface area contributed by atoms with Gasteiger partial charge in [-0.3, -0.25) is 0 Å². The standard InChI is InChI=1S/C5H5NS.C3H3NO/c1-2-4-6-7-5-3-1;1-2-5-3-4-1/h1-5H;1-3H. The largest absolute Gasteiger partial charge is 0.452 e. The first-order valence-corrected chi connectivity index (χ1v) is 4.17. The normalized spacial score (nSPS) is 13.3. The zero-order valence-corrected chi connectivity index (χ0v) is 7.15. The summed E-state index contributed by atoms with van der Waals surface area (Å²) in [5.74, 6) is 0. The van der Waals surface area contributed by atoms with Crippen LogP contribution in [0.1, 0.15) is 0 Å². The summed E-state index contributed by atoms with van der Waals surface area (Å²) in [4.78, 5) is 3.56. The highest BCUT2D eigenvalue weighted by molar-refractivity contribution is 8.01. The molecule has 0 bridgehead atoms. The van der Waals surface area contributed by atoms with E-state index in [2.05, 4.69) is 13.8 Å². The molecule has 3 nitrogen and oxygen atoms in total. The number of oxazole rings is 1. The van der Waals surface area contributed by atoms with E-state index in [1.165, 1.54) is 24.6 Å². The van der Waals surface area contributed by atoms with Crippen LogP contribution < -0.4 is 0 Å². The quantitative estimate of drug-likeness (QED) is 0.575. The minimum absolute atomic E-state index is 1.38. The van der Waals surface area contributed by atoms with Crippen molar-refractivity contribution < 1.29 is 4.42 Å². The van der Waals surface area contributed by atoms with Gasteiger partial charge < -0.3 is 4.42 Å². The molecular formula is C8H8N2OS. The number of rotatable bonds is 0. The average Bonchev–Trinajstić information content (AvgIpc) is 2.54. The number of allylic oxidation sites excluding steroid dienone is 3. The van der Waals surface area contributed by atoms with Crippen molar-refractivity contribution in [2.75, 3.05) is 0 Å². The minimum Gasteiger partial charge on any atom is -0.452 e. The maximum Gasteiger partial charge on any atom is 0.180 e. The molecule has 4 heteroatoms. The van der Waals surface area contributed by atoms with Crippen molar-refractivity contribution in [2.24, 2.45) is 4.40 Å². The summed E-state index contributed by atoms with van der Waals surface area (Å²) in [6, 6.07) is 0. The van der Waals surface area contributed by atoms with Crippen LogP contribution in [0.3, 0.4) is 0 Å². The molecule has 12 heavy (non-hydrogen) atoms. The molecule has 1 aromatic rings. The van der Waals surface area contributed by atoms with E-state index < -0.39 is 0 Å². The highest BCUT2D eigenvalue weighted by atomic mass is 32.2. The van der Waals surface area contributed by atoms with Gasteiger partial charge in [0.2, 0.25) is 0 Å². The molecule has 1 aromatic heterocycles. The Balaban J connectivity index is 0.000000127. The van der Waals surface area contributed by atoms with Crippen molar-refractivity contribution in [1.29, 1.82) is 0 Å². The molecule has 0 unspecified atom stereocenters. The summed E-state index contributed by atoms with van der Waals surface area (Å²) >= 11 is 1.44. The van der Waals surface area contributed by atoms with E-state index in [9.17, 15) is 0 Å². The second-order valence-electron chi connectivity index (χ2n) is 1.75. The smallest absolute Gasteiger partial charge is 0.180 e. The van der Waals surface area contributed by atoms with Gasteiger partial charge in [0, 0.05) is 18.2 Å². The van der Waals surface area contributed by atoms with Crippen molar-refractivity contribution in [1.82, 2.24) is 4.98 Å². The fourth-order valence-corrected chi connectivity index (χ4v) is 0.847. The van der Waals surface area contributed by atoms with Gasteiger partial charge in [-0.25, -0.2) is 9.38 Å². The number of hydrogen-bond acceptors (Lipinski definition) is 4. The molecule has 2 heterocycles. The third kappa shape index (κ3) is 4.51. The Kier molecular flexibility index (Phi) is 4.71. The highest BCUT2D eigenvalue weighted by Gasteiger charge is 1.72. The van der Waals surface area contributed by atoms with E-state index in [1.54, 1.807) is 12.4 Å².